The molecule has 21 heavy (non-hydrogen) atoms. The van der Waals surface area contributed by atoms with Crippen LogP contribution < -0.4 is 5.32 Å². The summed E-state index contributed by atoms with van der Waals surface area (Å²) in [5.74, 6) is 0.603. The molecule has 1 saturated carbocycles. The Morgan fingerprint density at radius 1 is 1.38 bits per heavy atom. The lowest BCUT2D eigenvalue weighted by molar-refractivity contribution is -0.133. The monoisotopic (exact) mass is 290 g/mol. The van der Waals surface area contributed by atoms with Crippen LogP contribution >= 0.6 is 0 Å². The third-order valence-electron chi connectivity index (χ3n) is 4.88. The van der Waals surface area contributed by atoms with Gasteiger partial charge in [-0.05, 0) is 31.7 Å². The smallest absolute Gasteiger partial charge is 0.244 e. The van der Waals surface area contributed by atoms with E-state index >= 15 is 0 Å². The van der Waals surface area contributed by atoms with E-state index in [1.54, 1.807) is 12.1 Å². The van der Waals surface area contributed by atoms with Gasteiger partial charge in [0.25, 0.3) is 0 Å². The van der Waals surface area contributed by atoms with Crippen LogP contribution in [-0.2, 0) is 4.79 Å². The molecule has 2 fully saturated rings. The van der Waals surface area contributed by atoms with Gasteiger partial charge in [0.2, 0.25) is 5.91 Å². The first kappa shape index (κ1) is 14.5. The average molecular weight is 290 g/mol. The molecule has 2 unspecified atom stereocenters. The van der Waals surface area contributed by atoms with Crippen molar-refractivity contribution < 1.29 is 9.18 Å². The molecule has 0 bridgehead atoms. The summed E-state index contributed by atoms with van der Waals surface area (Å²) in [5.41, 5.74) is -0.0185. The van der Waals surface area contributed by atoms with Crippen LogP contribution in [0.2, 0.25) is 0 Å². The molecule has 1 aliphatic carbocycles. The summed E-state index contributed by atoms with van der Waals surface area (Å²) in [5, 5.41) is 3.35. The predicted octanol–water partition coefficient (Wildman–Crippen LogP) is 3.22. The Kier molecular flexibility index (Phi) is 3.74. The SMILES string of the molecule is CCC1(C)NC(c2ccccc2F)N(CCC2CC2)C1=O. The van der Waals surface area contributed by atoms with E-state index in [-0.39, 0.29) is 17.9 Å². The molecule has 114 valence electrons. The molecule has 2 atom stereocenters. The highest BCUT2D eigenvalue weighted by atomic mass is 19.1. The molecular formula is C17H23FN2O. The van der Waals surface area contributed by atoms with Crippen LogP contribution in [0.25, 0.3) is 0 Å². The van der Waals surface area contributed by atoms with Crippen LogP contribution in [0.4, 0.5) is 4.39 Å². The van der Waals surface area contributed by atoms with Gasteiger partial charge in [-0.2, -0.15) is 0 Å². The molecule has 0 aromatic heterocycles. The van der Waals surface area contributed by atoms with Gasteiger partial charge in [0.1, 0.15) is 12.0 Å². The van der Waals surface area contributed by atoms with Crippen molar-refractivity contribution in [2.75, 3.05) is 6.54 Å². The van der Waals surface area contributed by atoms with E-state index in [4.69, 9.17) is 0 Å². The number of halogens is 1. The highest BCUT2D eigenvalue weighted by molar-refractivity contribution is 5.88. The second-order valence-corrected chi connectivity index (χ2v) is 6.48. The summed E-state index contributed by atoms with van der Waals surface area (Å²) in [7, 11) is 0. The Hall–Kier alpha value is -1.42. The molecule has 1 heterocycles. The van der Waals surface area contributed by atoms with Crippen LogP contribution in [-0.4, -0.2) is 22.9 Å². The molecule has 1 amide bonds. The predicted molar refractivity (Wildman–Crippen MR) is 80.0 cm³/mol. The highest BCUT2D eigenvalue weighted by Gasteiger charge is 2.47. The van der Waals surface area contributed by atoms with Crippen molar-refractivity contribution in [1.82, 2.24) is 10.2 Å². The maximum absolute atomic E-state index is 14.1. The van der Waals surface area contributed by atoms with Crippen LogP contribution in [0.3, 0.4) is 0 Å². The standard InChI is InChI=1S/C17H23FN2O/c1-3-17(2)16(21)20(11-10-12-8-9-12)15(19-17)13-6-4-5-7-14(13)18/h4-7,12,15,19H,3,8-11H2,1-2H3. The molecule has 1 aromatic carbocycles. The third kappa shape index (κ3) is 2.69. The maximum atomic E-state index is 14.1. The fraction of sp³-hybridized carbons (Fsp3) is 0.588. The van der Waals surface area contributed by atoms with E-state index in [0.717, 1.165) is 12.3 Å². The minimum atomic E-state index is -0.587. The number of carbonyl (C=O) groups is 1. The fourth-order valence-electron chi connectivity index (χ4n) is 3.03. The summed E-state index contributed by atoms with van der Waals surface area (Å²) >= 11 is 0. The lowest BCUT2D eigenvalue weighted by atomic mass is 9.99. The van der Waals surface area contributed by atoms with Crippen LogP contribution in [0.5, 0.6) is 0 Å². The molecule has 0 spiro atoms. The molecule has 1 saturated heterocycles. The zero-order valence-electron chi connectivity index (χ0n) is 12.7. The Morgan fingerprint density at radius 3 is 2.71 bits per heavy atom. The van der Waals surface area contributed by atoms with E-state index in [1.165, 1.54) is 18.9 Å². The number of hydrogen-bond donors (Lipinski definition) is 1. The van der Waals surface area contributed by atoms with Crippen LogP contribution in [0, 0.1) is 11.7 Å². The molecular weight excluding hydrogens is 267 g/mol. The molecule has 1 aliphatic heterocycles. The zero-order valence-corrected chi connectivity index (χ0v) is 12.7. The summed E-state index contributed by atoms with van der Waals surface area (Å²) < 4.78 is 14.1. The molecule has 1 N–H and O–H groups in total. The first-order valence-electron chi connectivity index (χ1n) is 7.88. The number of amides is 1. The van der Waals surface area contributed by atoms with Gasteiger partial charge in [0.15, 0.2) is 0 Å². The quantitative estimate of drug-likeness (QED) is 0.903. The van der Waals surface area contributed by atoms with Gasteiger partial charge in [0.05, 0.1) is 5.54 Å². The Morgan fingerprint density at radius 2 is 2.10 bits per heavy atom. The highest BCUT2D eigenvalue weighted by Crippen LogP contribution is 2.37. The van der Waals surface area contributed by atoms with Crippen molar-refractivity contribution in [3.05, 3.63) is 35.6 Å². The summed E-state index contributed by atoms with van der Waals surface area (Å²) in [6, 6.07) is 6.74. The molecule has 2 aliphatic rings. The molecule has 3 nitrogen and oxygen atoms in total. The van der Waals surface area contributed by atoms with Crippen molar-refractivity contribution in [2.45, 2.75) is 51.2 Å². The van der Waals surface area contributed by atoms with E-state index in [0.29, 0.717) is 18.5 Å². The van der Waals surface area contributed by atoms with Crippen molar-refractivity contribution in [2.24, 2.45) is 5.92 Å². The topological polar surface area (TPSA) is 32.3 Å². The number of carbonyl (C=O) groups excluding carboxylic acids is 1. The van der Waals surface area contributed by atoms with Crippen LogP contribution in [0.15, 0.2) is 24.3 Å². The molecule has 1 aromatic rings. The lowest BCUT2D eigenvalue weighted by Crippen LogP contribution is -2.43. The summed E-state index contributed by atoms with van der Waals surface area (Å²) in [6.45, 7) is 4.62. The normalized spacial score (nSPS) is 29.2. The van der Waals surface area contributed by atoms with Crippen LogP contribution in [0.1, 0.15) is 51.3 Å². The van der Waals surface area contributed by atoms with E-state index in [9.17, 15) is 9.18 Å². The average Bonchev–Trinajstić information content (AvgIpc) is 3.27. The third-order valence-corrected chi connectivity index (χ3v) is 4.88. The molecule has 4 heteroatoms. The number of hydrogen-bond acceptors (Lipinski definition) is 2. The lowest BCUT2D eigenvalue weighted by Gasteiger charge is -2.24. The van der Waals surface area contributed by atoms with Gasteiger partial charge in [-0.3, -0.25) is 10.1 Å². The van der Waals surface area contributed by atoms with Gasteiger partial charge in [-0.15, -0.1) is 0 Å². The Balaban J connectivity index is 1.87. The number of nitrogens with one attached hydrogen (secondary N) is 1. The van der Waals surface area contributed by atoms with Gasteiger partial charge in [-0.1, -0.05) is 38.0 Å². The van der Waals surface area contributed by atoms with Gasteiger partial charge in [-0.25, -0.2) is 4.39 Å². The zero-order chi connectivity index (χ0) is 15.0. The number of rotatable bonds is 5. The summed E-state index contributed by atoms with van der Waals surface area (Å²) in [4.78, 5) is 14.6. The van der Waals surface area contributed by atoms with E-state index in [1.807, 2.05) is 24.8 Å². The Bertz CT molecular complexity index is 543. The van der Waals surface area contributed by atoms with E-state index in [2.05, 4.69) is 5.32 Å². The first-order valence-corrected chi connectivity index (χ1v) is 7.88. The fourth-order valence-corrected chi connectivity index (χ4v) is 3.03. The number of benzene rings is 1. The largest absolute Gasteiger partial charge is 0.321 e. The first-order chi connectivity index (χ1) is 10.0. The Labute approximate surface area is 125 Å². The van der Waals surface area contributed by atoms with Gasteiger partial charge < -0.3 is 4.90 Å². The van der Waals surface area contributed by atoms with Crippen molar-refractivity contribution in [1.29, 1.82) is 0 Å². The minimum Gasteiger partial charge on any atom is -0.321 e. The van der Waals surface area contributed by atoms with Gasteiger partial charge >= 0.3 is 0 Å². The minimum absolute atomic E-state index is 0.0962. The maximum Gasteiger partial charge on any atom is 0.244 e. The molecule has 0 radical (unpaired) electrons. The van der Waals surface area contributed by atoms with E-state index < -0.39 is 5.54 Å². The molecule has 3 rings (SSSR count). The summed E-state index contributed by atoms with van der Waals surface area (Å²) in [6.07, 6.45) is 3.92. The van der Waals surface area contributed by atoms with Gasteiger partial charge in [0, 0.05) is 12.1 Å². The second kappa shape index (κ2) is 5.41. The van der Waals surface area contributed by atoms with Crippen molar-refractivity contribution in [3.63, 3.8) is 0 Å². The van der Waals surface area contributed by atoms with Crippen molar-refractivity contribution >= 4 is 5.91 Å². The van der Waals surface area contributed by atoms with Crippen molar-refractivity contribution in [3.8, 4) is 0 Å². The number of nitrogens with zero attached hydrogens (tertiary/aromatic N) is 1. The second-order valence-electron chi connectivity index (χ2n) is 6.48.